The Bertz CT molecular complexity index is 301. The first-order valence-corrected chi connectivity index (χ1v) is 12.0. The molecule has 0 aliphatic heterocycles. The van der Waals surface area contributed by atoms with E-state index >= 15 is 0 Å². The van der Waals surface area contributed by atoms with E-state index in [9.17, 15) is 17.6 Å². The lowest BCUT2D eigenvalue weighted by molar-refractivity contribution is -0.135. The maximum absolute atomic E-state index is 13.8. The number of hydrogen-bond donors (Lipinski definition) is 0. The summed E-state index contributed by atoms with van der Waals surface area (Å²) in [5, 5.41) is 0. The Morgan fingerprint density at radius 2 is 1.11 bits per heavy atom. The van der Waals surface area contributed by atoms with E-state index in [1.807, 2.05) is 0 Å². The van der Waals surface area contributed by atoms with Crippen LogP contribution in [-0.4, -0.2) is 12.3 Å². The van der Waals surface area contributed by atoms with Crippen molar-refractivity contribution in [2.75, 3.05) is 0 Å². The molecule has 0 saturated carbocycles. The fraction of sp³-hybridized carbons (Fsp3) is 0.958. The summed E-state index contributed by atoms with van der Waals surface area (Å²) in [6.45, 7) is 2.22. The average molecular weight is 410 g/mol. The Morgan fingerprint density at radius 1 is 0.607 bits per heavy atom. The zero-order chi connectivity index (χ0) is 20.9. The number of hydrogen-bond acceptors (Lipinski definition) is 0. The third-order valence-corrected chi connectivity index (χ3v) is 5.42. The second kappa shape index (κ2) is 20.0. The van der Waals surface area contributed by atoms with Crippen LogP contribution in [0.25, 0.3) is 0 Å². The highest BCUT2D eigenvalue weighted by Gasteiger charge is 2.25. The molecule has 0 aromatic rings. The van der Waals surface area contributed by atoms with Crippen molar-refractivity contribution in [1.82, 2.24) is 0 Å². The zero-order valence-electron chi connectivity index (χ0n) is 18.3. The largest absolute Gasteiger partial charge is 0.389 e. The molecule has 0 nitrogen and oxygen atoms in total. The van der Waals surface area contributed by atoms with E-state index in [1.165, 1.54) is 44.9 Å². The minimum Gasteiger partial charge on any atom is -0.247 e. The molecule has 1 radical (unpaired) electrons. The van der Waals surface area contributed by atoms with Gasteiger partial charge in [0.25, 0.3) is 0 Å². The third-order valence-electron chi connectivity index (χ3n) is 5.42. The molecular formula is C24H45F4. The molecule has 0 spiro atoms. The molecule has 0 N–H and O–H groups in total. The third kappa shape index (κ3) is 23.8. The summed E-state index contributed by atoms with van der Waals surface area (Å²) in [5.41, 5.74) is 0. The Balaban J connectivity index is 3.16. The van der Waals surface area contributed by atoms with Gasteiger partial charge in [-0.25, -0.2) is 4.39 Å². The summed E-state index contributed by atoms with van der Waals surface area (Å²) in [4.78, 5) is 0. The van der Waals surface area contributed by atoms with Crippen molar-refractivity contribution in [2.24, 2.45) is 0 Å². The van der Waals surface area contributed by atoms with Gasteiger partial charge in [0.1, 0.15) is 6.17 Å². The van der Waals surface area contributed by atoms with Crippen molar-refractivity contribution >= 4 is 0 Å². The smallest absolute Gasteiger partial charge is 0.247 e. The average Bonchev–Trinajstić information content (AvgIpc) is 2.64. The molecule has 0 bridgehead atoms. The van der Waals surface area contributed by atoms with Gasteiger partial charge in [-0.15, -0.1) is 0 Å². The van der Waals surface area contributed by atoms with E-state index in [0.717, 1.165) is 57.8 Å². The van der Waals surface area contributed by atoms with Gasteiger partial charge in [-0.2, -0.15) is 13.2 Å². The van der Waals surface area contributed by atoms with E-state index in [-0.39, 0.29) is 6.42 Å². The molecule has 0 aliphatic rings. The van der Waals surface area contributed by atoms with Crippen molar-refractivity contribution < 1.29 is 17.6 Å². The molecule has 169 valence electrons. The fourth-order valence-corrected chi connectivity index (χ4v) is 3.59. The summed E-state index contributed by atoms with van der Waals surface area (Å²) in [7, 11) is 0. The van der Waals surface area contributed by atoms with Crippen LogP contribution in [-0.2, 0) is 0 Å². The van der Waals surface area contributed by atoms with E-state index in [2.05, 4.69) is 13.3 Å². The lowest BCUT2D eigenvalue weighted by atomic mass is 10.0. The highest BCUT2D eigenvalue weighted by atomic mass is 19.4. The van der Waals surface area contributed by atoms with Crippen LogP contribution in [0.1, 0.15) is 135 Å². The highest BCUT2D eigenvalue weighted by Crippen LogP contribution is 2.23. The first-order chi connectivity index (χ1) is 13.5. The molecule has 0 aromatic heterocycles. The van der Waals surface area contributed by atoms with Crippen LogP contribution in [0.3, 0.4) is 0 Å². The van der Waals surface area contributed by atoms with Crippen molar-refractivity contribution in [3.05, 3.63) is 6.42 Å². The van der Waals surface area contributed by atoms with Gasteiger partial charge >= 0.3 is 6.18 Å². The molecule has 0 amide bonds. The van der Waals surface area contributed by atoms with Gasteiger partial charge in [-0.1, -0.05) is 103 Å². The van der Waals surface area contributed by atoms with Gasteiger partial charge in [-0.05, 0) is 32.1 Å². The standard InChI is InChI=1S/C24H45F4/c1-2-3-4-5-11-14-17-20-23(25)21-18-15-12-9-7-6-8-10-13-16-19-22-24(26,27)28/h15,23H,2-14,16-22H2,1H3. The number of halogens is 4. The predicted molar refractivity (Wildman–Crippen MR) is 113 cm³/mol. The quantitative estimate of drug-likeness (QED) is 0.131. The monoisotopic (exact) mass is 409 g/mol. The summed E-state index contributed by atoms with van der Waals surface area (Å²) in [6, 6.07) is 0. The second-order valence-corrected chi connectivity index (χ2v) is 8.36. The summed E-state index contributed by atoms with van der Waals surface area (Å²) in [5.74, 6) is 0. The van der Waals surface area contributed by atoms with Crippen molar-refractivity contribution in [2.45, 2.75) is 148 Å². The van der Waals surface area contributed by atoms with E-state index in [1.54, 1.807) is 0 Å². The SMILES string of the molecule is CCCCCCCCCC(F)CC[CH]CCCCCCCCCCC(F)(F)F. The Hall–Kier alpha value is -0.280. The molecule has 0 rings (SSSR count). The number of rotatable bonds is 21. The van der Waals surface area contributed by atoms with Crippen LogP contribution in [0, 0.1) is 6.42 Å². The van der Waals surface area contributed by atoms with Crippen LogP contribution < -0.4 is 0 Å². The minimum absolute atomic E-state index is 0.271. The normalized spacial score (nSPS) is 13.2. The Labute approximate surface area is 172 Å². The van der Waals surface area contributed by atoms with Crippen molar-refractivity contribution in [3.8, 4) is 0 Å². The topological polar surface area (TPSA) is 0 Å². The molecule has 28 heavy (non-hydrogen) atoms. The first-order valence-electron chi connectivity index (χ1n) is 12.0. The van der Waals surface area contributed by atoms with Gasteiger partial charge in [0.2, 0.25) is 0 Å². The minimum atomic E-state index is -3.99. The maximum atomic E-state index is 13.8. The molecule has 1 unspecified atom stereocenters. The Morgan fingerprint density at radius 3 is 1.68 bits per heavy atom. The van der Waals surface area contributed by atoms with Crippen molar-refractivity contribution in [1.29, 1.82) is 0 Å². The first kappa shape index (κ1) is 27.7. The fourth-order valence-electron chi connectivity index (χ4n) is 3.59. The van der Waals surface area contributed by atoms with E-state index in [0.29, 0.717) is 12.8 Å². The molecule has 1 atom stereocenters. The summed E-state index contributed by atoms with van der Waals surface area (Å²) >= 11 is 0. The predicted octanol–water partition coefficient (Wildman–Crippen LogP) is 9.91. The van der Waals surface area contributed by atoms with Crippen LogP contribution >= 0.6 is 0 Å². The van der Waals surface area contributed by atoms with Gasteiger partial charge in [0.05, 0.1) is 0 Å². The van der Waals surface area contributed by atoms with Crippen LogP contribution in [0.4, 0.5) is 17.6 Å². The van der Waals surface area contributed by atoms with E-state index in [4.69, 9.17) is 0 Å². The lowest BCUT2D eigenvalue weighted by Crippen LogP contribution is -2.06. The van der Waals surface area contributed by atoms with Crippen molar-refractivity contribution in [3.63, 3.8) is 0 Å². The molecule has 4 heteroatoms. The molecule has 0 fully saturated rings. The molecule has 0 aromatic carbocycles. The second-order valence-electron chi connectivity index (χ2n) is 8.36. The molecule has 0 heterocycles. The van der Waals surface area contributed by atoms with Crippen LogP contribution in [0.2, 0.25) is 0 Å². The summed E-state index contributed by atoms with van der Waals surface area (Å²) in [6.07, 6.45) is 16.6. The Kier molecular flexibility index (Phi) is 19.8. The zero-order valence-corrected chi connectivity index (χ0v) is 18.3. The number of alkyl halides is 4. The van der Waals surface area contributed by atoms with Gasteiger partial charge in [0.15, 0.2) is 0 Å². The molecular weight excluding hydrogens is 364 g/mol. The molecule has 0 aliphatic carbocycles. The van der Waals surface area contributed by atoms with Crippen LogP contribution in [0.5, 0.6) is 0 Å². The summed E-state index contributed by atoms with van der Waals surface area (Å²) < 4.78 is 49.8. The van der Waals surface area contributed by atoms with Gasteiger partial charge < -0.3 is 0 Å². The maximum Gasteiger partial charge on any atom is 0.389 e. The van der Waals surface area contributed by atoms with Gasteiger partial charge in [0, 0.05) is 6.42 Å². The number of unbranched alkanes of at least 4 members (excludes halogenated alkanes) is 16. The van der Waals surface area contributed by atoms with Crippen LogP contribution in [0.15, 0.2) is 0 Å². The van der Waals surface area contributed by atoms with E-state index < -0.39 is 18.8 Å². The van der Waals surface area contributed by atoms with Gasteiger partial charge in [-0.3, -0.25) is 0 Å². The highest BCUT2D eigenvalue weighted by molar-refractivity contribution is 4.68. The lowest BCUT2D eigenvalue weighted by Gasteiger charge is -2.08. The molecule has 0 saturated heterocycles.